The van der Waals surface area contributed by atoms with Crippen LogP contribution in [0.25, 0.3) is 22.4 Å². The summed E-state index contributed by atoms with van der Waals surface area (Å²) in [5.41, 5.74) is 9.06. The number of methoxy groups -OCH3 is 1. The fourth-order valence-electron chi connectivity index (χ4n) is 4.18. The normalized spacial score (nSPS) is 18.0. The van der Waals surface area contributed by atoms with Gasteiger partial charge in [0.25, 0.3) is 0 Å². The Balaban J connectivity index is 0.000000231. The molecule has 0 amide bonds. The number of nitrogens with two attached hydrogens (primary N) is 1. The molecule has 34 heavy (non-hydrogen) atoms. The number of sulfonamides is 1. The second kappa shape index (κ2) is 10.6. The molecule has 0 saturated carbocycles. The Bertz CT molecular complexity index is 1200. The van der Waals surface area contributed by atoms with Gasteiger partial charge >= 0.3 is 0 Å². The number of anilines is 2. The third-order valence-corrected chi connectivity index (χ3v) is 7.49. The molecule has 0 aliphatic carbocycles. The van der Waals surface area contributed by atoms with E-state index < -0.39 is 10.0 Å². The van der Waals surface area contributed by atoms with Crippen LogP contribution in [-0.2, 0) is 14.8 Å². The molecule has 3 N–H and O–H groups in total. The quantitative estimate of drug-likeness (QED) is 0.564. The highest BCUT2D eigenvalue weighted by molar-refractivity contribution is 7.88. The second-order valence-electron chi connectivity index (χ2n) is 8.58. The van der Waals surface area contributed by atoms with E-state index in [9.17, 15) is 8.42 Å². The smallest absolute Gasteiger partial charge is 0.227 e. The monoisotopic (exact) mass is 488 g/mol. The molecule has 2 fully saturated rings. The van der Waals surface area contributed by atoms with Crippen LogP contribution < -0.4 is 10.6 Å². The summed E-state index contributed by atoms with van der Waals surface area (Å²) in [6, 6.07) is 1.87. The summed E-state index contributed by atoms with van der Waals surface area (Å²) in [6.07, 6.45) is 12.0. The molecule has 0 bridgehead atoms. The first kappa shape index (κ1) is 24.3. The maximum absolute atomic E-state index is 10.9. The van der Waals surface area contributed by atoms with Gasteiger partial charge in [0, 0.05) is 45.7 Å². The molecule has 12 heteroatoms. The van der Waals surface area contributed by atoms with Crippen LogP contribution in [-0.4, -0.2) is 83.3 Å². The van der Waals surface area contributed by atoms with Crippen molar-refractivity contribution in [3.05, 3.63) is 24.7 Å². The summed E-state index contributed by atoms with van der Waals surface area (Å²) < 4.78 is 28.8. The van der Waals surface area contributed by atoms with E-state index in [-0.39, 0.29) is 0 Å². The lowest BCUT2D eigenvalue weighted by Crippen LogP contribution is -2.37. The molecule has 0 unspecified atom stereocenters. The number of nitrogens with one attached hydrogen (secondary N) is 1. The fraction of sp³-hybridized carbons (Fsp3) is 0.545. The van der Waals surface area contributed by atoms with Crippen molar-refractivity contribution in [1.29, 1.82) is 0 Å². The molecular formula is C22H32N8O3S. The molecular weight excluding hydrogens is 456 g/mol. The number of piperidine rings is 2. The maximum atomic E-state index is 10.9. The van der Waals surface area contributed by atoms with Gasteiger partial charge in [0.05, 0.1) is 29.8 Å². The van der Waals surface area contributed by atoms with Crippen molar-refractivity contribution in [2.24, 2.45) is 0 Å². The molecule has 184 valence electrons. The van der Waals surface area contributed by atoms with Gasteiger partial charge in [-0.05, 0) is 31.7 Å². The van der Waals surface area contributed by atoms with Gasteiger partial charge in [-0.1, -0.05) is 6.42 Å². The molecule has 0 atom stereocenters. The molecule has 5 heterocycles. The molecule has 0 radical (unpaired) electrons. The third-order valence-electron chi connectivity index (χ3n) is 6.18. The summed E-state index contributed by atoms with van der Waals surface area (Å²) >= 11 is 0. The SMILES string of the molecule is COC1CCN(c2ncc(-c3cnc4[nH]ccc4n3)c(N)n2)CC1.CS(=O)(=O)N1CCCCC1. The van der Waals surface area contributed by atoms with E-state index in [4.69, 9.17) is 10.5 Å². The highest BCUT2D eigenvalue weighted by Gasteiger charge is 2.21. The lowest BCUT2D eigenvalue weighted by Gasteiger charge is -2.31. The number of nitrogen functional groups attached to an aromatic ring is 1. The van der Waals surface area contributed by atoms with Crippen molar-refractivity contribution in [2.45, 2.75) is 38.2 Å². The highest BCUT2D eigenvalue weighted by atomic mass is 32.2. The molecule has 5 rings (SSSR count). The van der Waals surface area contributed by atoms with Crippen molar-refractivity contribution in [2.75, 3.05) is 50.2 Å². The maximum Gasteiger partial charge on any atom is 0.227 e. The van der Waals surface area contributed by atoms with Crippen LogP contribution in [0.2, 0.25) is 0 Å². The number of aromatic amines is 1. The van der Waals surface area contributed by atoms with Crippen molar-refractivity contribution < 1.29 is 13.2 Å². The second-order valence-corrected chi connectivity index (χ2v) is 10.6. The van der Waals surface area contributed by atoms with Gasteiger partial charge < -0.3 is 20.4 Å². The predicted octanol–water partition coefficient (Wildman–Crippen LogP) is 2.04. The summed E-state index contributed by atoms with van der Waals surface area (Å²) in [4.78, 5) is 23.0. The average Bonchev–Trinajstić information content (AvgIpc) is 3.32. The van der Waals surface area contributed by atoms with Crippen molar-refractivity contribution in [3.63, 3.8) is 0 Å². The van der Waals surface area contributed by atoms with Crippen LogP contribution in [0.3, 0.4) is 0 Å². The molecule has 3 aromatic heterocycles. The van der Waals surface area contributed by atoms with Crippen LogP contribution in [0.15, 0.2) is 24.7 Å². The predicted molar refractivity (Wildman–Crippen MR) is 132 cm³/mol. The fourth-order valence-corrected chi connectivity index (χ4v) is 5.10. The van der Waals surface area contributed by atoms with Gasteiger partial charge in [0.1, 0.15) is 11.3 Å². The summed E-state index contributed by atoms with van der Waals surface area (Å²) in [5, 5.41) is 0. The Kier molecular flexibility index (Phi) is 7.59. The number of hydrogen-bond donors (Lipinski definition) is 2. The minimum atomic E-state index is -2.89. The Hall–Kier alpha value is -2.83. The summed E-state index contributed by atoms with van der Waals surface area (Å²) in [6.45, 7) is 3.18. The summed E-state index contributed by atoms with van der Waals surface area (Å²) in [5.74, 6) is 1.07. The number of fused-ring (bicyclic) bond motifs is 1. The number of nitrogens with zero attached hydrogens (tertiary/aromatic N) is 6. The van der Waals surface area contributed by atoms with E-state index in [1.807, 2.05) is 6.07 Å². The van der Waals surface area contributed by atoms with Crippen LogP contribution >= 0.6 is 0 Å². The Morgan fingerprint density at radius 3 is 2.41 bits per heavy atom. The van der Waals surface area contributed by atoms with E-state index >= 15 is 0 Å². The number of ether oxygens (including phenoxy) is 1. The molecule has 2 aliphatic rings. The van der Waals surface area contributed by atoms with E-state index in [1.54, 1.807) is 30.0 Å². The van der Waals surface area contributed by atoms with Gasteiger partial charge in [-0.25, -0.2) is 27.7 Å². The first-order chi connectivity index (χ1) is 16.3. The van der Waals surface area contributed by atoms with Gasteiger partial charge in [0.2, 0.25) is 16.0 Å². The largest absolute Gasteiger partial charge is 0.383 e. The van der Waals surface area contributed by atoms with Crippen LogP contribution in [0, 0.1) is 0 Å². The van der Waals surface area contributed by atoms with E-state index in [0.717, 1.165) is 63.0 Å². The van der Waals surface area contributed by atoms with E-state index in [1.165, 1.54) is 12.7 Å². The number of hydrogen-bond acceptors (Lipinski definition) is 9. The van der Waals surface area contributed by atoms with E-state index in [2.05, 4.69) is 29.8 Å². The molecule has 0 aromatic carbocycles. The zero-order chi connectivity index (χ0) is 24.1. The minimum absolute atomic E-state index is 0.321. The first-order valence-electron chi connectivity index (χ1n) is 11.5. The van der Waals surface area contributed by atoms with Gasteiger partial charge in [0.15, 0.2) is 5.65 Å². The first-order valence-corrected chi connectivity index (χ1v) is 13.4. The average molecular weight is 489 g/mol. The zero-order valence-electron chi connectivity index (χ0n) is 19.6. The number of aromatic nitrogens is 5. The third kappa shape index (κ3) is 5.80. The zero-order valence-corrected chi connectivity index (χ0v) is 20.5. The topological polar surface area (TPSA) is 143 Å². The number of H-pyrrole nitrogens is 1. The van der Waals surface area contributed by atoms with Crippen LogP contribution in [0.5, 0.6) is 0 Å². The van der Waals surface area contributed by atoms with E-state index in [0.29, 0.717) is 29.1 Å². The van der Waals surface area contributed by atoms with Gasteiger partial charge in [-0.3, -0.25) is 0 Å². The van der Waals surface area contributed by atoms with Crippen molar-refractivity contribution >= 4 is 33.0 Å². The van der Waals surface area contributed by atoms with Crippen LogP contribution in [0.4, 0.5) is 11.8 Å². The molecule has 0 spiro atoms. The van der Waals surface area contributed by atoms with Gasteiger partial charge in [-0.15, -0.1) is 0 Å². The molecule has 11 nitrogen and oxygen atoms in total. The van der Waals surface area contributed by atoms with Crippen molar-refractivity contribution in [3.8, 4) is 11.3 Å². The molecule has 2 saturated heterocycles. The standard InChI is InChI=1S/C16H19N7O.C6H13NO2S/c1-24-10-3-6-23(7-4-10)16-20-8-11(14(17)22-16)13-9-19-15-12(21-13)2-5-18-15;1-10(8,9)7-5-3-2-4-6-7/h2,5,8-10H,3-4,6-7H2,1H3,(H,18,19)(H2,17,20,22);2-6H2,1H3. The van der Waals surface area contributed by atoms with Crippen molar-refractivity contribution in [1.82, 2.24) is 29.2 Å². The lowest BCUT2D eigenvalue weighted by atomic mass is 10.1. The minimum Gasteiger partial charge on any atom is -0.383 e. The molecule has 2 aliphatic heterocycles. The Labute approximate surface area is 199 Å². The van der Waals surface area contributed by atoms with Gasteiger partial charge in [-0.2, -0.15) is 4.98 Å². The Morgan fingerprint density at radius 2 is 1.79 bits per heavy atom. The summed E-state index contributed by atoms with van der Waals surface area (Å²) in [7, 11) is -1.14. The molecule has 3 aromatic rings. The van der Waals surface area contributed by atoms with Crippen LogP contribution in [0.1, 0.15) is 32.1 Å². The lowest BCUT2D eigenvalue weighted by molar-refractivity contribution is 0.0816. The number of rotatable bonds is 4. The highest BCUT2D eigenvalue weighted by Crippen LogP contribution is 2.26. The Morgan fingerprint density at radius 1 is 1.06 bits per heavy atom.